The minimum atomic E-state index is -5.68. The summed E-state index contributed by atoms with van der Waals surface area (Å²) in [4.78, 5) is 54.2. The molecule has 1 fully saturated rings. The maximum Gasteiger partial charge on any atom is 0.493 e. The highest BCUT2D eigenvalue weighted by molar-refractivity contribution is 6.01. The van der Waals surface area contributed by atoms with Crippen molar-refractivity contribution in [1.29, 1.82) is 0 Å². The molecule has 0 radical (unpaired) electrons. The predicted molar refractivity (Wildman–Crippen MR) is 130 cm³/mol. The summed E-state index contributed by atoms with van der Waals surface area (Å²) in [6, 6.07) is 5.41. The second-order valence-corrected chi connectivity index (χ2v) is 9.36. The Morgan fingerprint density at radius 2 is 1.57 bits per heavy atom. The van der Waals surface area contributed by atoms with Crippen molar-refractivity contribution in [2.75, 3.05) is 24.5 Å². The second-order valence-electron chi connectivity index (χ2n) is 9.36. The van der Waals surface area contributed by atoms with E-state index in [4.69, 9.17) is 0 Å². The van der Waals surface area contributed by atoms with Gasteiger partial charge in [0, 0.05) is 31.3 Å². The average Bonchev–Trinajstić information content (AvgIpc) is 2.92. The van der Waals surface area contributed by atoms with Gasteiger partial charge in [0.05, 0.1) is 11.3 Å². The van der Waals surface area contributed by atoms with E-state index < -0.39 is 93.3 Å². The number of rotatable bonds is 5. The lowest BCUT2D eigenvalue weighted by molar-refractivity contribution is -0.202. The molecule has 2 aromatic carbocycles. The largest absolute Gasteiger partial charge is 0.493 e. The summed E-state index contributed by atoms with van der Waals surface area (Å²) in [6.07, 6.45) is -11.8. The van der Waals surface area contributed by atoms with Gasteiger partial charge in [0.1, 0.15) is 17.9 Å². The lowest BCUT2D eigenvalue weighted by Gasteiger charge is -2.34. The first-order valence-electron chi connectivity index (χ1n) is 12.2. The van der Waals surface area contributed by atoms with Crippen LogP contribution in [0, 0.1) is 24.4 Å². The molecule has 1 aliphatic heterocycles. The molecule has 0 aliphatic carbocycles. The van der Waals surface area contributed by atoms with Crippen LogP contribution in [0.3, 0.4) is 0 Å². The molecule has 0 N–H and O–H groups in total. The molecule has 1 aromatic heterocycles. The Morgan fingerprint density at radius 3 is 2.16 bits per heavy atom. The summed E-state index contributed by atoms with van der Waals surface area (Å²) in [5.41, 5.74) is -6.44. The zero-order valence-corrected chi connectivity index (χ0v) is 22.0. The van der Waals surface area contributed by atoms with E-state index in [1.165, 1.54) is 0 Å². The number of hydrogen-bond acceptors (Lipinski definition) is 6. The zero-order chi connectivity index (χ0) is 32.7. The number of hydrogen-bond donors (Lipinski definition) is 0. The Bertz CT molecular complexity index is 1720. The van der Waals surface area contributed by atoms with E-state index in [0.29, 0.717) is 0 Å². The van der Waals surface area contributed by atoms with Crippen LogP contribution in [-0.2, 0) is 22.2 Å². The van der Waals surface area contributed by atoms with Gasteiger partial charge < -0.3 is 14.6 Å². The first kappa shape index (κ1) is 32.0. The first-order valence-corrected chi connectivity index (χ1v) is 12.2. The van der Waals surface area contributed by atoms with E-state index >= 15 is 0 Å². The number of nitrogens with zero attached hydrogens (tertiary/aromatic N) is 4. The number of benzene rings is 2. The average molecular weight is 636 g/mol. The number of carbonyl (C=O) groups excluding carboxylic acids is 3. The number of aromatic nitrogens is 2. The summed E-state index contributed by atoms with van der Waals surface area (Å²) in [6.45, 7) is -0.181. The maximum absolute atomic E-state index is 14.7. The first-order chi connectivity index (χ1) is 20.4. The monoisotopic (exact) mass is 636 g/mol. The van der Waals surface area contributed by atoms with Gasteiger partial charge in [-0.15, -0.1) is 5.10 Å². The third kappa shape index (κ3) is 6.52. The van der Waals surface area contributed by atoms with Gasteiger partial charge in [0.2, 0.25) is 5.91 Å². The number of amides is 2. The molecule has 3 aromatic rings. The summed E-state index contributed by atoms with van der Waals surface area (Å²) in [7, 11) is 0. The fraction of sp³-hybridized carbons (Fsp3) is 0.269. The van der Waals surface area contributed by atoms with Crippen LogP contribution >= 0.6 is 0 Å². The molecule has 234 valence electrons. The minimum Gasteiger partial charge on any atom is -0.327 e. The summed E-state index contributed by atoms with van der Waals surface area (Å²) >= 11 is 0. The van der Waals surface area contributed by atoms with Gasteiger partial charge in [-0.3, -0.25) is 14.4 Å². The van der Waals surface area contributed by atoms with Gasteiger partial charge in [-0.2, -0.15) is 26.3 Å². The summed E-state index contributed by atoms with van der Waals surface area (Å²) in [5, 5.41) is 3.31. The minimum absolute atomic E-state index is 0.0116. The molecule has 1 saturated heterocycles. The molecule has 44 heavy (non-hydrogen) atoms. The van der Waals surface area contributed by atoms with Crippen molar-refractivity contribution in [2.45, 2.75) is 25.7 Å². The fourth-order valence-electron chi connectivity index (χ4n) is 4.31. The number of anilines is 1. The smallest absolute Gasteiger partial charge is 0.327 e. The standard InChI is InChI=1S/C26H17F9N4O5/c1-12-19(36-39(44-24(43)26(33,34)35)23(42)21(12)25(30,31)32)9-13-2-4-16(27)15(8-13)22(41)37-6-7-38(20(40)11-37)14-3-5-17(28)18(29)10-14/h2-5,8,10H,6-7,9,11H2,1H3. The Morgan fingerprint density at radius 1 is 0.909 bits per heavy atom. The van der Waals surface area contributed by atoms with Crippen molar-refractivity contribution >= 4 is 23.5 Å². The third-order valence-corrected chi connectivity index (χ3v) is 6.45. The van der Waals surface area contributed by atoms with Crippen molar-refractivity contribution in [3.05, 3.63) is 92.2 Å². The lowest BCUT2D eigenvalue weighted by atomic mass is 10.0. The van der Waals surface area contributed by atoms with E-state index in [9.17, 15) is 58.7 Å². The number of alkyl halides is 6. The van der Waals surface area contributed by atoms with E-state index in [2.05, 4.69) is 9.94 Å². The molecule has 1 aliphatic rings. The highest BCUT2D eigenvalue weighted by Crippen LogP contribution is 2.31. The van der Waals surface area contributed by atoms with Crippen LogP contribution < -0.4 is 15.3 Å². The van der Waals surface area contributed by atoms with Crippen molar-refractivity contribution in [3.63, 3.8) is 0 Å². The van der Waals surface area contributed by atoms with Crippen LogP contribution in [-0.4, -0.2) is 58.4 Å². The molecule has 0 unspecified atom stereocenters. The molecule has 9 nitrogen and oxygen atoms in total. The van der Waals surface area contributed by atoms with Crippen molar-refractivity contribution in [3.8, 4) is 0 Å². The van der Waals surface area contributed by atoms with Gasteiger partial charge in [0.15, 0.2) is 11.6 Å². The van der Waals surface area contributed by atoms with Gasteiger partial charge in [-0.05, 0) is 47.2 Å². The van der Waals surface area contributed by atoms with Crippen LogP contribution in [0.15, 0.2) is 41.2 Å². The summed E-state index contributed by atoms with van der Waals surface area (Å²) < 4.78 is 120. The Hall–Kier alpha value is -4.90. The van der Waals surface area contributed by atoms with Crippen LogP contribution in [0.25, 0.3) is 0 Å². The van der Waals surface area contributed by atoms with Gasteiger partial charge in [-0.1, -0.05) is 6.07 Å². The van der Waals surface area contributed by atoms with Crippen LogP contribution in [0.2, 0.25) is 0 Å². The van der Waals surface area contributed by atoms with E-state index in [0.717, 1.165) is 53.1 Å². The molecule has 4 rings (SSSR count). The maximum atomic E-state index is 14.7. The zero-order valence-electron chi connectivity index (χ0n) is 22.0. The normalized spacial score (nSPS) is 14.2. The van der Waals surface area contributed by atoms with Crippen molar-refractivity contribution in [1.82, 2.24) is 14.8 Å². The highest BCUT2D eigenvalue weighted by Gasteiger charge is 2.44. The Labute approximate surface area is 240 Å². The van der Waals surface area contributed by atoms with Crippen molar-refractivity contribution < 1.29 is 58.7 Å². The van der Waals surface area contributed by atoms with Gasteiger partial charge in [0.25, 0.3) is 5.91 Å². The molecule has 2 amide bonds. The molecule has 0 spiro atoms. The van der Waals surface area contributed by atoms with Crippen LogP contribution in [0.5, 0.6) is 0 Å². The molecule has 0 bridgehead atoms. The van der Waals surface area contributed by atoms with Gasteiger partial charge >= 0.3 is 23.9 Å². The van der Waals surface area contributed by atoms with E-state index in [1.54, 1.807) is 0 Å². The van der Waals surface area contributed by atoms with Crippen LogP contribution in [0.1, 0.15) is 32.7 Å². The third-order valence-electron chi connectivity index (χ3n) is 6.45. The lowest BCUT2D eigenvalue weighted by Crippen LogP contribution is -2.52. The second kappa shape index (κ2) is 11.6. The van der Waals surface area contributed by atoms with Gasteiger partial charge in [-0.25, -0.2) is 18.0 Å². The molecule has 18 heteroatoms. The number of halogens is 9. The number of piperazine rings is 1. The predicted octanol–water partition coefficient (Wildman–Crippen LogP) is 3.59. The SMILES string of the molecule is Cc1c(Cc2ccc(F)c(C(=O)N3CCN(c4ccc(F)c(F)c4)C(=O)C3)c2)nn(OC(=O)C(F)(F)F)c(=O)c1C(F)(F)F. The number of carbonyl (C=O) groups is 3. The fourth-order valence-corrected chi connectivity index (χ4v) is 4.31. The molecule has 2 heterocycles. The topological polar surface area (TPSA) is 102 Å². The molecular weight excluding hydrogens is 619 g/mol. The van der Waals surface area contributed by atoms with Crippen LogP contribution in [0.4, 0.5) is 45.2 Å². The van der Waals surface area contributed by atoms with E-state index in [-0.39, 0.29) is 24.3 Å². The van der Waals surface area contributed by atoms with Crippen molar-refractivity contribution in [2.24, 2.45) is 0 Å². The molecule has 0 atom stereocenters. The Balaban J connectivity index is 1.62. The summed E-state index contributed by atoms with van der Waals surface area (Å²) in [5.74, 6) is -8.22. The molecular formula is C26H17F9N4O5. The quantitative estimate of drug-likeness (QED) is 0.397. The highest BCUT2D eigenvalue weighted by atomic mass is 19.4. The Kier molecular flexibility index (Phi) is 8.48. The van der Waals surface area contributed by atoms with E-state index in [1.807, 2.05) is 0 Å². The molecule has 0 saturated carbocycles.